The second kappa shape index (κ2) is 9.49. The number of para-hydroxylation sites is 1. The number of benzene rings is 2. The summed E-state index contributed by atoms with van der Waals surface area (Å²) in [5.74, 6) is 0.399. The number of rotatable bonds is 7. The Morgan fingerprint density at radius 1 is 1.16 bits per heavy atom. The van der Waals surface area contributed by atoms with Crippen molar-refractivity contribution in [1.29, 1.82) is 0 Å². The molecule has 1 N–H and O–H groups in total. The van der Waals surface area contributed by atoms with Crippen LogP contribution in [-0.4, -0.2) is 29.4 Å². The van der Waals surface area contributed by atoms with Gasteiger partial charge in [0.2, 0.25) is 5.91 Å². The molecular formula is C26H28FN3O2. The number of amides is 1. The predicted octanol–water partition coefficient (Wildman–Crippen LogP) is 4.35. The van der Waals surface area contributed by atoms with E-state index in [1.54, 1.807) is 13.1 Å². The maximum absolute atomic E-state index is 13.5. The van der Waals surface area contributed by atoms with E-state index in [1.807, 2.05) is 55.5 Å². The van der Waals surface area contributed by atoms with Gasteiger partial charge in [-0.2, -0.15) is 0 Å². The zero-order chi connectivity index (χ0) is 22.6. The van der Waals surface area contributed by atoms with E-state index >= 15 is 0 Å². The highest BCUT2D eigenvalue weighted by Gasteiger charge is 2.49. The Bertz CT molecular complexity index is 1100. The number of ether oxygens (including phenoxy) is 1. The number of hydrogen-bond donors (Lipinski definition) is 1. The normalized spacial score (nSPS) is 18.5. The Hall–Kier alpha value is -3.25. The lowest BCUT2D eigenvalue weighted by atomic mass is 9.89. The highest BCUT2D eigenvalue weighted by molar-refractivity contribution is 5.87. The molecule has 2 heterocycles. The molecule has 1 aliphatic heterocycles. The summed E-state index contributed by atoms with van der Waals surface area (Å²) < 4.78 is 19.6. The number of aromatic nitrogens is 1. The number of aryl methyl sites for hydroxylation is 1. The Labute approximate surface area is 188 Å². The average Bonchev–Trinajstić information content (AvgIpc) is 3.22. The lowest BCUT2D eigenvalue weighted by Crippen LogP contribution is -2.52. The maximum atomic E-state index is 13.5. The van der Waals surface area contributed by atoms with E-state index in [4.69, 9.17) is 9.72 Å². The average molecular weight is 434 g/mol. The highest BCUT2D eigenvalue weighted by atomic mass is 19.1. The maximum Gasteiger partial charge on any atom is 0.246 e. The van der Waals surface area contributed by atoms with Crippen LogP contribution in [0.1, 0.15) is 35.4 Å². The number of pyridine rings is 1. The van der Waals surface area contributed by atoms with Gasteiger partial charge in [0.05, 0.1) is 5.69 Å². The minimum Gasteiger partial charge on any atom is -0.489 e. The molecule has 1 unspecified atom stereocenters. The van der Waals surface area contributed by atoms with E-state index in [1.165, 1.54) is 12.1 Å². The van der Waals surface area contributed by atoms with Gasteiger partial charge in [0.25, 0.3) is 0 Å². The smallest absolute Gasteiger partial charge is 0.246 e. The van der Waals surface area contributed by atoms with Crippen LogP contribution in [0.2, 0.25) is 0 Å². The Balaban J connectivity index is 1.62. The van der Waals surface area contributed by atoms with Gasteiger partial charge >= 0.3 is 0 Å². The summed E-state index contributed by atoms with van der Waals surface area (Å²) in [7, 11) is 1.67. The number of carbonyl (C=O) groups is 1. The zero-order valence-electron chi connectivity index (χ0n) is 18.5. The van der Waals surface area contributed by atoms with Crippen molar-refractivity contribution in [2.75, 3.05) is 13.6 Å². The minimum atomic E-state index is -0.823. The standard InChI is InChI=1S/C26H28FN3O2/c1-19-8-5-13-24(29-19)26(25(31)28-2)14-7-15-30(26)17-21-10-3-4-12-23(21)32-18-20-9-6-11-22(27)16-20/h3-6,8-13,16H,7,14-15,17-18H2,1-2H3,(H,28,31). The lowest BCUT2D eigenvalue weighted by molar-refractivity contribution is -0.132. The number of halogens is 1. The summed E-state index contributed by atoms with van der Waals surface area (Å²) in [5, 5.41) is 2.86. The molecule has 166 valence electrons. The molecule has 0 spiro atoms. The molecule has 1 fully saturated rings. The largest absolute Gasteiger partial charge is 0.489 e. The van der Waals surface area contributed by atoms with Crippen LogP contribution in [0.4, 0.5) is 4.39 Å². The van der Waals surface area contributed by atoms with Crippen LogP contribution >= 0.6 is 0 Å². The van der Waals surface area contributed by atoms with E-state index in [-0.39, 0.29) is 18.3 Å². The molecular weight excluding hydrogens is 405 g/mol. The van der Waals surface area contributed by atoms with Crippen molar-refractivity contribution in [2.45, 2.75) is 38.5 Å². The molecule has 0 aliphatic carbocycles. The fourth-order valence-corrected chi connectivity index (χ4v) is 4.50. The summed E-state index contributed by atoms with van der Waals surface area (Å²) in [6.45, 7) is 3.54. The van der Waals surface area contributed by atoms with Crippen molar-refractivity contribution in [3.8, 4) is 5.75 Å². The monoisotopic (exact) mass is 433 g/mol. The van der Waals surface area contributed by atoms with Crippen LogP contribution < -0.4 is 10.1 Å². The Morgan fingerprint density at radius 2 is 1.97 bits per heavy atom. The van der Waals surface area contributed by atoms with Gasteiger partial charge < -0.3 is 10.1 Å². The third-order valence-electron chi connectivity index (χ3n) is 6.04. The van der Waals surface area contributed by atoms with Crippen molar-refractivity contribution in [3.63, 3.8) is 0 Å². The van der Waals surface area contributed by atoms with Crippen LogP contribution in [-0.2, 0) is 23.5 Å². The van der Waals surface area contributed by atoms with E-state index in [0.29, 0.717) is 13.0 Å². The van der Waals surface area contributed by atoms with Crippen LogP contribution in [0, 0.1) is 12.7 Å². The van der Waals surface area contributed by atoms with Crippen LogP contribution in [0.25, 0.3) is 0 Å². The van der Waals surface area contributed by atoms with Crippen molar-refractivity contribution in [1.82, 2.24) is 15.2 Å². The van der Waals surface area contributed by atoms with Gasteiger partial charge in [-0.05, 0) is 62.2 Å². The molecule has 4 rings (SSSR count). The van der Waals surface area contributed by atoms with Crippen molar-refractivity contribution >= 4 is 5.91 Å². The molecule has 0 bridgehead atoms. The first kappa shape index (κ1) is 22.0. The molecule has 1 atom stereocenters. The van der Waals surface area contributed by atoms with Crippen LogP contribution in [0.15, 0.2) is 66.7 Å². The molecule has 1 amide bonds. The molecule has 5 nitrogen and oxygen atoms in total. The van der Waals surface area contributed by atoms with Gasteiger partial charge in [-0.3, -0.25) is 14.7 Å². The van der Waals surface area contributed by atoms with Gasteiger partial charge in [0.1, 0.15) is 23.7 Å². The summed E-state index contributed by atoms with van der Waals surface area (Å²) >= 11 is 0. The molecule has 1 saturated heterocycles. The lowest BCUT2D eigenvalue weighted by Gasteiger charge is -2.36. The molecule has 1 aromatic heterocycles. The van der Waals surface area contributed by atoms with E-state index < -0.39 is 5.54 Å². The highest BCUT2D eigenvalue weighted by Crippen LogP contribution is 2.40. The van der Waals surface area contributed by atoms with Gasteiger partial charge in [-0.1, -0.05) is 36.4 Å². The topological polar surface area (TPSA) is 54.5 Å². The predicted molar refractivity (Wildman–Crippen MR) is 122 cm³/mol. The molecule has 1 aliphatic rings. The number of carbonyl (C=O) groups excluding carboxylic acids is 1. The van der Waals surface area contributed by atoms with Crippen LogP contribution in [0.5, 0.6) is 5.75 Å². The van der Waals surface area contributed by atoms with Crippen LogP contribution in [0.3, 0.4) is 0 Å². The van der Waals surface area contributed by atoms with Crippen molar-refractivity contribution < 1.29 is 13.9 Å². The van der Waals surface area contributed by atoms with Gasteiger partial charge in [-0.25, -0.2) is 4.39 Å². The van der Waals surface area contributed by atoms with E-state index in [0.717, 1.165) is 41.2 Å². The first-order chi connectivity index (χ1) is 15.5. The van der Waals surface area contributed by atoms with E-state index in [9.17, 15) is 9.18 Å². The third-order valence-corrected chi connectivity index (χ3v) is 6.04. The Morgan fingerprint density at radius 3 is 2.75 bits per heavy atom. The second-order valence-electron chi connectivity index (χ2n) is 8.16. The van der Waals surface area contributed by atoms with Gasteiger partial charge in [0, 0.05) is 24.8 Å². The second-order valence-corrected chi connectivity index (χ2v) is 8.16. The zero-order valence-corrected chi connectivity index (χ0v) is 18.5. The third kappa shape index (κ3) is 4.36. The fraction of sp³-hybridized carbons (Fsp3) is 0.308. The van der Waals surface area contributed by atoms with Gasteiger partial charge in [0.15, 0.2) is 0 Å². The van der Waals surface area contributed by atoms with Gasteiger partial charge in [-0.15, -0.1) is 0 Å². The first-order valence-electron chi connectivity index (χ1n) is 10.9. The minimum absolute atomic E-state index is 0.0498. The number of nitrogens with zero attached hydrogens (tertiary/aromatic N) is 2. The molecule has 0 radical (unpaired) electrons. The molecule has 2 aromatic carbocycles. The number of likely N-dealkylation sites (N-methyl/N-ethyl adjacent to an activating group) is 1. The summed E-state index contributed by atoms with van der Waals surface area (Å²) in [4.78, 5) is 20.1. The van der Waals surface area contributed by atoms with E-state index in [2.05, 4.69) is 10.2 Å². The molecule has 6 heteroatoms. The molecule has 32 heavy (non-hydrogen) atoms. The van der Waals surface area contributed by atoms with Crippen molar-refractivity contribution in [2.24, 2.45) is 0 Å². The summed E-state index contributed by atoms with van der Waals surface area (Å²) in [6, 6.07) is 20.1. The van der Waals surface area contributed by atoms with Crippen molar-refractivity contribution in [3.05, 3.63) is 95.1 Å². The molecule has 0 saturated carbocycles. The number of hydrogen-bond acceptors (Lipinski definition) is 4. The molecule has 3 aromatic rings. The summed E-state index contributed by atoms with van der Waals surface area (Å²) in [6.07, 6.45) is 1.60. The summed E-state index contributed by atoms with van der Waals surface area (Å²) in [5.41, 5.74) is 2.58. The first-order valence-corrected chi connectivity index (χ1v) is 10.9. The quantitative estimate of drug-likeness (QED) is 0.602. The fourth-order valence-electron chi connectivity index (χ4n) is 4.50. The number of nitrogens with one attached hydrogen (secondary N) is 1. The SMILES string of the molecule is CNC(=O)C1(c2cccc(C)n2)CCCN1Cc1ccccc1OCc1cccc(F)c1. The Kier molecular flexibility index (Phi) is 6.51. The number of likely N-dealkylation sites (tertiary alicyclic amines) is 1.